The van der Waals surface area contributed by atoms with Crippen LogP contribution in [0, 0.1) is 13.8 Å². The van der Waals surface area contributed by atoms with E-state index in [0.29, 0.717) is 0 Å². The average molecular weight is 281 g/mol. The number of pyridine rings is 1. The van der Waals surface area contributed by atoms with Gasteiger partial charge in [-0.15, -0.1) is 0 Å². The van der Waals surface area contributed by atoms with E-state index >= 15 is 0 Å². The first-order chi connectivity index (χ1) is 7.63. The Morgan fingerprint density at radius 1 is 1.38 bits per heavy atom. The number of aromatic nitrogens is 3. The third-order valence-electron chi connectivity index (χ3n) is 2.45. The van der Waals surface area contributed by atoms with Crippen LogP contribution in [0.3, 0.4) is 0 Å². The van der Waals surface area contributed by atoms with Crippen LogP contribution in [0.15, 0.2) is 22.8 Å². The molecule has 0 fully saturated rings. The molecule has 1 N–H and O–H groups in total. The lowest BCUT2D eigenvalue weighted by Gasteiger charge is -2.06. The minimum absolute atomic E-state index is 0.834. The maximum Gasteiger partial charge on any atom is 0.127 e. The quantitative estimate of drug-likeness (QED) is 0.920. The number of nitrogens with zero attached hydrogens (tertiary/aromatic N) is 3. The summed E-state index contributed by atoms with van der Waals surface area (Å²) >= 11 is 3.52. The van der Waals surface area contributed by atoms with Gasteiger partial charge in [0, 0.05) is 19.3 Å². The van der Waals surface area contributed by atoms with Gasteiger partial charge in [-0.25, -0.2) is 9.67 Å². The summed E-state index contributed by atoms with van der Waals surface area (Å²) in [7, 11) is 1.85. The molecule has 0 aromatic carbocycles. The molecule has 0 spiro atoms. The van der Waals surface area contributed by atoms with Gasteiger partial charge in [0.15, 0.2) is 0 Å². The van der Waals surface area contributed by atoms with Gasteiger partial charge < -0.3 is 5.32 Å². The Hall–Kier alpha value is -1.36. The van der Waals surface area contributed by atoms with Gasteiger partial charge in [-0.05, 0) is 35.8 Å². The van der Waals surface area contributed by atoms with Crippen LogP contribution in [-0.2, 0) is 0 Å². The normalized spacial score (nSPS) is 10.5. The molecule has 5 heteroatoms. The third-order valence-corrected chi connectivity index (χ3v) is 3.59. The van der Waals surface area contributed by atoms with E-state index < -0.39 is 0 Å². The second-order valence-electron chi connectivity index (χ2n) is 3.55. The standard InChI is InChI=1S/C11H13BrN4/c1-7-11(12)8(2)16(15-7)9-4-5-14-10(6-9)13-3/h4-6H,1-3H3,(H,13,14). The first kappa shape index (κ1) is 11.1. The van der Waals surface area contributed by atoms with E-state index in [1.807, 2.05) is 37.7 Å². The fraction of sp³-hybridized carbons (Fsp3) is 0.273. The number of hydrogen-bond donors (Lipinski definition) is 1. The molecule has 0 aliphatic heterocycles. The minimum Gasteiger partial charge on any atom is -0.373 e. The van der Waals surface area contributed by atoms with E-state index in [4.69, 9.17) is 0 Å². The molecule has 0 unspecified atom stereocenters. The Kier molecular flexibility index (Phi) is 2.96. The summed E-state index contributed by atoms with van der Waals surface area (Å²) in [4.78, 5) is 4.18. The second-order valence-corrected chi connectivity index (χ2v) is 4.34. The number of nitrogens with one attached hydrogen (secondary N) is 1. The molecular weight excluding hydrogens is 268 g/mol. The van der Waals surface area contributed by atoms with Gasteiger partial charge >= 0.3 is 0 Å². The largest absolute Gasteiger partial charge is 0.373 e. The molecule has 4 nitrogen and oxygen atoms in total. The SMILES string of the molecule is CNc1cc(-n2nc(C)c(Br)c2C)ccn1. The predicted molar refractivity (Wildman–Crippen MR) is 68.1 cm³/mol. The molecule has 0 amide bonds. The molecule has 2 heterocycles. The zero-order valence-electron chi connectivity index (χ0n) is 9.45. The van der Waals surface area contributed by atoms with Crippen LogP contribution in [0.1, 0.15) is 11.4 Å². The van der Waals surface area contributed by atoms with E-state index in [1.165, 1.54) is 0 Å². The minimum atomic E-state index is 0.834. The van der Waals surface area contributed by atoms with Crippen molar-refractivity contribution in [3.63, 3.8) is 0 Å². The predicted octanol–water partition coefficient (Wildman–Crippen LogP) is 2.69. The molecule has 0 saturated heterocycles. The highest BCUT2D eigenvalue weighted by molar-refractivity contribution is 9.10. The molecule has 2 aromatic rings. The zero-order chi connectivity index (χ0) is 11.7. The van der Waals surface area contributed by atoms with Crippen LogP contribution in [0.25, 0.3) is 5.69 Å². The van der Waals surface area contributed by atoms with Gasteiger partial charge in [0.25, 0.3) is 0 Å². The van der Waals surface area contributed by atoms with Crippen LogP contribution in [-0.4, -0.2) is 21.8 Å². The van der Waals surface area contributed by atoms with Crippen molar-refractivity contribution in [3.05, 3.63) is 34.2 Å². The van der Waals surface area contributed by atoms with Gasteiger partial charge in [0.1, 0.15) is 5.82 Å². The molecule has 84 valence electrons. The third kappa shape index (κ3) is 1.82. The second kappa shape index (κ2) is 4.25. The number of halogens is 1. The first-order valence-corrected chi connectivity index (χ1v) is 5.78. The number of aryl methyl sites for hydroxylation is 1. The van der Waals surface area contributed by atoms with Crippen molar-refractivity contribution in [3.8, 4) is 5.69 Å². The highest BCUT2D eigenvalue weighted by Crippen LogP contribution is 2.23. The lowest BCUT2D eigenvalue weighted by atomic mass is 10.3. The molecule has 0 bridgehead atoms. The van der Waals surface area contributed by atoms with Gasteiger partial charge in [-0.1, -0.05) is 0 Å². The molecule has 0 radical (unpaired) electrons. The molecule has 0 aliphatic carbocycles. The van der Waals surface area contributed by atoms with E-state index in [9.17, 15) is 0 Å². The van der Waals surface area contributed by atoms with Crippen LogP contribution in [0.4, 0.5) is 5.82 Å². The van der Waals surface area contributed by atoms with Crippen molar-refractivity contribution in [1.29, 1.82) is 0 Å². The van der Waals surface area contributed by atoms with Crippen LogP contribution in [0.2, 0.25) is 0 Å². The average Bonchev–Trinajstić information content (AvgIpc) is 2.57. The van der Waals surface area contributed by atoms with Crippen LogP contribution >= 0.6 is 15.9 Å². The summed E-state index contributed by atoms with van der Waals surface area (Å²) in [6, 6.07) is 3.90. The maximum absolute atomic E-state index is 4.47. The lowest BCUT2D eigenvalue weighted by molar-refractivity contribution is 0.831. The van der Waals surface area contributed by atoms with Gasteiger partial charge in [-0.2, -0.15) is 5.10 Å². The number of rotatable bonds is 2. The number of anilines is 1. The Morgan fingerprint density at radius 2 is 2.12 bits per heavy atom. The van der Waals surface area contributed by atoms with Gasteiger partial charge in [0.2, 0.25) is 0 Å². The smallest absolute Gasteiger partial charge is 0.127 e. The van der Waals surface area contributed by atoms with Crippen LogP contribution in [0.5, 0.6) is 0 Å². The van der Waals surface area contributed by atoms with Crippen LogP contribution < -0.4 is 5.32 Å². The topological polar surface area (TPSA) is 42.7 Å². The highest BCUT2D eigenvalue weighted by Gasteiger charge is 2.10. The molecule has 16 heavy (non-hydrogen) atoms. The summed E-state index contributed by atoms with van der Waals surface area (Å²) in [5.74, 6) is 0.834. The lowest BCUT2D eigenvalue weighted by Crippen LogP contribution is -2.01. The molecule has 0 aliphatic rings. The summed E-state index contributed by atoms with van der Waals surface area (Å²) in [5.41, 5.74) is 3.08. The van der Waals surface area contributed by atoms with Gasteiger partial charge in [-0.3, -0.25) is 0 Å². The summed E-state index contributed by atoms with van der Waals surface area (Å²) < 4.78 is 2.96. The van der Waals surface area contributed by atoms with E-state index in [-0.39, 0.29) is 0 Å². The Bertz CT molecular complexity index is 519. The Morgan fingerprint density at radius 3 is 2.69 bits per heavy atom. The Labute approximate surface area is 103 Å². The van der Waals surface area contributed by atoms with E-state index in [1.54, 1.807) is 6.20 Å². The molecule has 2 rings (SSSR count). The van der Waals surface area contributed by atoms with E-state index in [0.717, 1.165) is 27.4 Å². The Balaban J connectivity index is 2.54. The van der Waals surface area contributed by atoms with Crippen molar-refractivity contribution >= 4 is 21.7 Å². The highest BCUT2D eigenvalue weighted by atomic mass is 79.9. The maximum atomic E-state index is 4.47. The van der Waals surface area contributed by atoms with E-state index in [2.05, 4.69) is 31.3 Å². The van der Waals surface area contributed by atoms with Crippen molar-refractivity contribution in [2.24, 2.45) is 0 Å². The first-order valence-electron chi connectivity index (χ1n) is 4.99. The van der Waals surface area contributed by atoms with Gasteiger partial charge in [0.05, 0.1) is 21.5 Å². The molecule has 2 aromatic heterocycles. The summed E-state index contributed by atoms with van der Waals surface area (Å²) in [6.07, 6.45) is 1.77. The monoisotopic (exact) mass is 280 g/mol. The molecule has 0 saturated carbocycles. The fourth-order valence-electron chi connectivity index (χ4n) is 1.56. The molecule has 0 atom stereocenters. The summed E-state index contributed by atoms with van der Waals surface area (Å²) in [5, 5.41) is 7.48. The number of hydrogen-bond acceptors (Lipinski definition) is 3. The zero-order valence-corrected chi connectivity index (χ0v) is 11.0. The fourth-order valence-corrected chi connectivity index (χ4v) is 1.81. The molecular formula is C11H13BrN4. The van der Waals surface area contributed by atoms with Crippen molar-refractivity contribution in [2.75, 3.05) is 12.4 Å². The van der Waals surface area contributed by atoms with Crippen molar-refractivity contribution in [2.45, 2.75) is 13.8 Å². The summed E-state index contributed by atoms with van der Waals surface area (Å²) in [6.45, 7) is 4.01. The van der Waals surface area contributed by atoms with Crippen molar-refractivity contribution < 1.29 is 0 Å². The van der Waals surface area contributed by atoms with Crippen molar-refractivity contribution in [1.82, 2.24) is 14.8 Å².